The van der Waals surface area contributed by atoms with Gasteiger partial charge >= 0.3 is 12.0 Å². The summed E-state index contributed by atoms with van der Waals surface area (Å²) in [4.78, 5) is 24.0. The third kappa shape index (κ3) is 3.07. The maximum Gasteiger partial charge on any atom is 0.327 e. The highest BCUT2D eigenvalue weighted by Gasteiger charge is 2.32. The number of nitrogens with zero attached hydrogens (tertiary/aromatic N) is 1. The SMILES string of the molecule is C#CC(C)NC(=O)N1CCSCC1C(=O)O. The highest BCUT2D eigenvalue weighted by molar-refractivity contribution is 7.99. The van der Waals surface area contributed by atoms with E-state index in [2.05, 4.69) is 11.2 Å². The first-order chi connectivity index (χ1) is 7.56. The zero-order chi connectivity index (χ0) is 12.1. The van der Waals surface area contributed by atoms with Crippen LogP contribution in [0, 0.1) is 12.3 Å². The summed E-state index contributed by atoms with van der Waals surface area (Å²) in [6, 6.07) is -1.56. The summed E-state index contributed by atoms with van der Waals surface area (Å²) in [5, 5.41) is 11.5. The number of carbonyl (C=O) groups is 2. The van der Waals surface area contributed by atoms with Crippen LogP contribution in [0.5, 0.6) is 0 Å². The van der Waals surface area contributed by atoms with Gasteiger partial charge in [0.25, 0.3) is 0 Å². The number of hydrogen-bond donors (Lipinski definition) is 2. The molecule has 2 N–H and O–H groups in total. The zero-order valence-corrected chi connectivity index (χ0v) is 9.79. The summed E-state index contributed by atoms with van der Waals surface area (Å²) in [6.45, 7) is 2.11. The van der Waals surface area contributed by atoms with Crippen LogP contribution in [0.4, 0.5) is 4.79 Å². The van der Waals surface area contributed by atoms with Crippen molar-refractivity contribution in [2.24, 2.45) is 0 Å². The van der Waals surface area contributed by atoms with Gasteiger partial charge in [-0.05, 0) is 6.92 Å². The molecule has 88 valence electrons. The molecule has 16 heavy (non-hydrogen) atoms. The molecule has 0 radical (unpaired) electrons. The number of rotatable bonds is 2. The first-order valence-corrected chi connectivity index (χ1v) is 6.05. The first-order valence-electron chi connectivity index (χ1n) is 4.90. The van der Waals surface area contributed by atoms with Gasteiger partial charge in [0.15, 0.2) is 0 Å². The minimum absolute atomic E-state index is 0.392. The summed E-state index contributed by atoms with van der Waals surface area (Å²) in [5.74, 6) is 2.57. The van der Waals surface area contributed by atoms with Gasteiger partial charge < -0.3 is 15.3 Å². The minimum atomic E-state index is -0.976. The maximum atomic E-state index is 11.7. The van der Waals surface area contributed by atoms with Crippen molar-refractivity contribution in [1.29, 1.82) is 0 Å². The highest BCUT2D eigenvalue weighted by atomic mass is 32.2. The maximum absolute atomic E-state index is 11.7. The van der Waals surface area contributed by atoms with E-state index < -0.39 is 24.1 Å². The van der Waals surface area contributed by atoms with Crippen LogP contribution in [0.1, 0.15) is 6.92 Å². The van der Waals surface area contributed by atoms with Crippen LogP contribution >= 0.6 is 11.8 Å². The van der Waals surface area contributed by atoms with Gasteiger partial charge in [-0.3, -0.25) is 0 Å². The predicted molar refractivity (Wildman–Crippen MR) is 62.3 cm³/mol. The van der Waals surface area contributed by atoms with E-state index in [1.807, 2.05) is 0 Å². The smallest absolute Gasteiger partial charge is 0.327 e. The molecule has 1 aliphatic heterocycles. The Kier molecular flexibility index (Phi) is 4.50. The fourth-order valence-corrected chi connectivity index (χ4v) is 2.40. The third-order valence-corrected chi connectivity index (χ3v) is 3.29. The van der Waals surface area contributed by atoms with Crippen LogP contribution in [0.2, 0.25) is 0 Å². The van der Waals surface area contributed by atoms with Crippen LogP contribution in [0.3, 0.4) is 0 Å². The fourth-order valence-electron chi connectivity index (χ4n) is 1.36. The second-order valence-corrected chi connectivity index (χ2v) is 4.61. The summed E-state index contributed by atoms with van der Waals surface area (Å²) < 4.78 is 0. The van der Waals surface area contributed by atoms with E-state index >= 15 is 0 Å². The van der Waals surface area contributed by atoms with E-state index in [0.29, 0.717) is 12.3 Å². The van der Waals surface area contributed by atoms with Crippen molar-refractivity contribution >= 4 is 23.8 Å². The summed E-state index contributed by atoms with van der Waals surface area (Å²) >= 11 is 1.53. The second-order valence-electron chi connectivity index (χ2n) is 3.46. The molecule has 1 saturated heterocycles. The number of nitrogens with one attached hydrogen (secondary N) is 1. The lowest BCUT2D eigenvalue weighted by Gasteiger charge is -2.32. The average molecular weight is 242 g/mol. The second kappa shape index (κ2) is 5.66. The Hall–Kier alpha value is -1.35. The van der Waals surface area contributed by atoms with Crippen molar-refractivity contribution in [3.05, 3.63) is 0 Å². The van der Waals surface area contributed by atoms with Gasteiger partial charge in [-0.1, -0.05) is 5.92 Å². The van der Waals surface area contributed by atoms with E-state index in [0.717, 1.165) is 5.75 Å². The largest absolute Gasteiger partial charge is 0.480 e. The number of amides is 2. The number of aliphatic carboxylic acids is 1. The molecule has 0 spiro atoms. The van der Waals surface area contributed by atoms with Gasteiger partial charge in [-0.2, -0.15) is 11.8 Å². The number of carboxylic acids is 1. The Morgan fingerprint density at radius 3 is 2.94 bits per heavy atom. The number of thioether (sulfide) groups is 1. The fraction of sp³-hybridized carbons (Fsp3) is 0.600. The molecule has 1 heterocycles. The molecule has 2 amide bonds. The first kappa shape index (κ1) is 12.7. The molecule has 2 unspecified atom stereocenters. The van der Waals surface area contributed by atoms with Gasteiger partial charge in [-0.15, -0.1) is 6.42 Å². The van der Waals surface area contributed by atoms with Crippen LogP contribution in [-0.2, 0) is 4.79 Å². The Labute approximate surface area is 98.6 Å². The summed E-state index contributed by atoms with van der Waals surface area (Å²) in [5.41, 5.74) is 0. The zero-order valence-electron chi connectivity index (χ0n) is 8.97. The van der Waals surface area contributed by atoms with Crippen molar-refractivity contribution in [1.82, 2.24) is 10.2 Å². The number of carbonyl (C=O) groups excluding carboxylic acids is 1. The Balaban J connectivity index is 2.65. The van der Waals surface area contributed by atoms with Crippen molar-refractivity contribution in [3.8, 4) is 12.3 Å². The van der Waals surface area contributed by atoms with Crippen molar-refractivity contribution in [2.75, 3.05) is 18.1 Å². The van der Waals surface area contributed by atoms with E-state index in [1.54, 1.807) is 6.92 Å². The Morgan fingerprint density at radius 1 is 1.69 bits per heavy atom. The molecule has 1 fully saturated rings. The van der Waals surface area contributed by atoms with Crippen molar-refractivity contribution in [3.63, 3.8) is 0 Å². The van der Waals surface area contributed by atoms with Crippen LogP contribution < -0.4 is 5.32 Å². The Bertz CT molecular complexity index is 327. The van der Waals surface area contributed by atoms with Crippen LogP contribution in [0.15, 0.2) is 0 Å². The van der Waals surface area contributed by atoms with E-state index in [4.69, 9.17) is 11.5 Å². The van der Waals surface area contributed by atoms with Gasteiger partial charge in [0.05, 0.1) is 6.04 Å². The van der Waals surface area contributed by atoms with Gasteiger partial charge in [0.1, 0.15) is 6.04 Å². The summed E-state index contributed by atoms with van der Waals surface area (Å²) in [7, 11) is 0. The molecular weight excluding hydrogens is 228 g/mol. The molecule has 0 aliphatic carbocycles. The molecule has 5 nitrogen and oxygen atoms in total. The monoisotopic (exact) mass is 242 g/mol. The Morgan fingerprint density at radius 2 is 2.38 bits per heavy atom. The minimum Gasteiger partial charge on any atom is -0.480 e. The standard InChI is InChI=1S/C10H14N2O3S/c1-3-7(2)11-10(15)12-4-5-16-6-8(12)9(13)14/h1,7-8H,4-6H2,2H3,(H,11,15)(H,13,14). The summed E-state index contributed by atoms with van der Waals surface area (Å²) in [6.07, 6.45) is 5.14. The predicted octanol–water partition coefficient (Wildman–Crippen LogP) is 0.220. The number of carboxylic acid groups (broad SMARTS) is 1. The van der Waals surface area contributed by atoms with Crippen LogP contribution in [-0.4, -0.2) is 52.1 Å². The van der Waals surface area contributed by atoms with Crippen molar-refractivity contribution in [2.45, 2.75) is 19.0 Å². The lowest BCUT2D eigenvalue weighted by Crippen LogP contribution is -2.55. The van der Waals surface area contributed by atoms with Gasteiger partial charge in [0.2, 0.25) is 0 Å². The molecule has 0 bridgehead atoms. The molecule has 0 aromatic heterocycles. The molecule has 6 heteroatoms. The molecule has 0 aromatic rings. The third-order valence-electron chi connectivity index (χ3n) is 2.26. The molecule has 0 aromatic carbocycles. The van der Waals surface area contributed by atoms with E-state index in [1.165, 1.54) is 16.7 Å². The lowest BCUT2D eigenvalue weighted by molar-refractivity contribution is -0.141. The van der Waals surface area contributed by atoms with Gasteiger partial charge in [0, 0.05) is 18.1 Å². The topological polar surface area (TPSA) is 69.6 Å². The van der Waals surface area contributed by atoms with E-state index in [9.17, 15) is 9.59 Å². The molecule has 1 aliphatic rings. The number of hydrogen-bond acceptors (Lipinski definition) is 3. The van der Waals surface area contributed by atoms with Crippen molar-refractivity contribution < 1.29 is 14.7 Å². The molecule has 2 atom stereocenters. The lowest BCUT2D eigenvalue weighted by atomic mass is 10.3. The normalized spacial score (nSPS) is 22.0. The molecule has 1 rings (SSSR count). The van der Waals surface area contributed by atoms with Gasteiger partial charge in [-0.25, -0.2) is 9.59 Å². The number of terminal acetylenes is 1. The molecular formula is C10H14N2O3S. The molecule has 0 saturated carbocycles. The van der Waals surface area contributed by atoms with E-state index in [-0.39, 0.29) is 0 Å². The number of urea groups is 1. The highest BCUT2D eigenvalue weighted by Crippen LogP contribution is 2.16. The van der Waals surface area contributed by atoms with Crippen LogP contribution in [0.25, 0.3) is 0 Å². The average Bonchev–Trinajstić information content (AvgIpc) is 2.28. The quantitative estimate of drug-likeness (QED) is 0.680.